The number of hydrogen-bond donors (Lipinski definition) is 2. The van der Waals surface area contributed by atoms with Crippen LogP contribution in [0.3, 0.4) is 0 Å². The van der Waals surface area contributed by atoms with Crippen molar-refractivity contribution in [2.75, 3.05) is 14.2 Å². The molecule has 0 spiro atoms. The molecule has 1 heterocycles. The Morgan fingerprint density at radius 2 is 1.62 bits per heavy atom. The molecule has 2 aromatic carbocycles. The molecule has 5 nitrogen and oxygen atoms in total. The van der Waals surface area contributed by atoms with Gasteiger partial charge in [-0.25, -0.2) is 0 Å². The van der Waals surface area contributed by atoms with Gasteiger partial charge in [-0.2, -0.15) is 0 Å². The number of benzene rings is 2. The van der Waals surface area contributed by atoms with Gasteiger partial charge in [0.2, 0.25) is 0 Å². The fourth-order valence-electron chi connectivity index (χ4n) is 4.98. The van der Waals surface area contributed by atoms with Crippen LogP contribution in [0.1, 0.15) is 51.7 Å². The number of rotatable bonds is 7. The van der Waals surface area contributed by atoms with Crippen molar-refractivity contribution >= 4 is 17.3 Å². The number of nitrogens with zero attached hydrogens (tertiary/aromatic N) is 1. The maximum atomic E-state index is 5.97. The highest BCUT2D eigenvalue weighted by molar-refractivity contribution is 7.80. The van der Waals surface area contributed by atoms with Crippen LogP contribution in [0.5, 0.6) is 11.5 Å². The average Bonchev–Trinajstić information content (AvgIpc) is 2.71. The Bertz CT molecular complexity index is 899. The van der Waals surface area contributed by atoms with Crippen molar-refractivity contribution < 1.29 is 9.47 Å². The summed E-state index contributed by atoms with van der Waals surface area (Å²) in [6, 6.07) is 16.7. The number of ether oxygens (including phenoxy) is 2. The zero-order valence-electron chi connectivity index (χ0n) is 20.2. The fourth-order valence-corrected chi connectivity index (χ4v) is 5.27. The largest absolute Gasteiger partial charge is 0.493 e. The van der Waals surface area contributed by atoms with Crippen molar-refractivity contribution in [2.24, 2.45) is 0 Å². The van der Waals surface area contributed by atoms with Crippen molar-refractivity contribution in [1.82, 2.24) is 15.5 Å². The number of thiocarbonyl (C=S) groups is 1. The minimum absolute atomic E-state index is 0.0509. The van der Waals surface area contributed by atoms with Gasteiger partial charge in [-0.3, -0.25) is 0 Å². The van der Waals surface area contributed by atoms with Gasteiger partial charge in [0.25, 0.3) is 0 Å². The van der Waals surface area contributed by atoms with Crippen LogP contribution in [0.4, 0.5) is 0 Å². The summed E-state index contributed by atoms with van der Waals surface area (Å²) < 4.78 is 11.2. The molecule has 0 aromatic heterocycles. The van der Waals surface area contributed by atoms with Crippen LogP contribution in [0.15, 0.2) is 48.5 Å². The normalized spacial score (nSPS) is 17.4. The van der Waals surface area contributed by atoms with E-state index >= 15 is 0 Å². The van der Waals surface area contributed by atoms with E-state index in [2.05, 4.69) is 73.6 Å². The Morgan fingerprint density at radius 1 is 0.969 bits per heavy atom. The van der Waals surface area contributed by atoms with E-state index in [4.69, 9.17) is 21.7 Å². The highest BCUT2D eigenvalue weighted by Gasteiger charge is 2.38. The number of methoxy groups -OCH3 is 2. The number of para-hydroxylation sites is 1. The summed E-state index contributed by atoms with van der Waals surface area (Å²) in [5.74, 6) is 1.48. The predicted molar refractivity (Wildman–Crippen MR) is 135 cm³/mol. The third-order valence-corrected chi connectivity index (χ3v) is 6.24. The summed E-state index contributed by atoms with van der Waals surface area (Å²) in [6.45, 7) is 10.4. The molecular formula is C26H37N3O2S. The van der Waals surface area contributed by atoms with Crippen molar-refractivity contribution in [3.05, 3.63) is 59.7 Å². The van der Waals surface area contributed by atoms with E-state index < -0.39 is 0 Å². The Morgan fingerprint density at radius 3 is 2.22 bits per heavy atom. The SMILES string of the molecule is COc1cccc(CN(Cc2ccccc2)C(=S)NC2CC(C)(C)NC(C)(C)C2)c1OC. The van der Waals surface area contributed by atoms with E-state index in [1.807, 2.05) is 18.2 Å². The van der Waals surface area contributed by atoms with Gasteiger partial charge in [-0.1, -0.05) is 42.5 Å². The third kappa shape index (κ3) is 6.36. The van der Waals surface area contributed by atoms with Gasteiger partial charge in [0.1, 0.15) is 0 Å². The Kier molecular flexibility index (Phi) is 7.67. The van der Waals surface area contributed by atoms with E-state index in [1.54, 1.807) is 14.2 Å². The molecule has 1 saturated heterocycles. The molecule has 2 aromatic rings. The van der Waals surface area contributed by atoms with Gasteiger partial charge in [-0.15, -0.1) is 0 Å². The first kappa shape index (κ1) is 24.3. The maximum absolute atomic E-state index is 5.97. The van der Waals surface area contributed by atoms with E-state index in [0.717, 1.165) is 35.0 Å². The van der Waals surface area contributed by atoms with Crippen LogP contribution in [-0.2, 0) is 13.1 Å². The lowest BCUT2D eigenvalue weighted by Crippen LogP contribution is -2.62. The molecule has 0 amide bonds. The second-order valence-electron chi connectivity index (χ2n) is 9.94. The summed E-state index contributed by atoms with van der Waals surface area (Å²) in [4.78, 5) is 2.21. The van der Waals surface area contributed by atoms with Gasteiger partial charge in [0, 0.05) is 35.8 Å². The molecule has 0 bridgehead atoms. The van der Waals surface area contributed by atoms with E-state index in [1.165, 1.54) is 5.56 Å². The average molecular weight is 456 g/mol. The Hall–Kier alpha value is -2.31. The lowest BCUT2D eigenvalue weighted by molar-refractivity contribution is 0.153. The standard InChI is InChI=1S/C26H37N3O2S/c1-25(2)15-21(16-26(3,4)28-25)27-24(32)29(17-19-11-8-7-9-12-19)18-20-13-10-14-22(30-5)23(20)31-6/h7-14,21,28H,15-18H2,1-6H3,(H,27,32). The molecular weight excluding hydrogens is 418 g/mol. The van der Waals surface area contributed by atoms with Gasteiger partial charge in [-0.05, 0) is 64.4 Å². The second-order valence-corrected chi connectivity index (χ2v) is 10.3. The molecule has 0 unspecified atom stereocenters. The topological polar surface area (TPSA) is 45.8 Å². The van der Waals surface area contributed by atoms with Gasteiger partial charge in [0.05, 0.1) is 14.2 Å². The first-order valence-corrected chi connectivity index (χ1v) is 11.6. The Labute approximate surface area is 198 Å². The van der Waals surface area contributed by atoms with Crippen LogP contribution >= 0.6 is 12.2 Å². The van der Waals surface area contributed by atoms with Crippen LogP contribution in [-0.4, -0.2) is 41.4 Å². The smallest absolute Gasteiger partial charge is 0.169 e. The maximum Gasteiger partial charge on any atom is 0.169 e. The van der Waals surface area contributed by atoms with Crippen LogP contribution in [0.2, 0.25) is 0 Å². The quantitative estimate of drug-likeness (QED) is 0.580. The molecule has 0 radical (unpaired) electrons. The molecule has 0 saturated carbocycles. The number of hydrogen-bond acceptors (Lipinski definition) is 4. The van der Waals surface area contributed by atoms with E-state index in [9.17, 15) is 0 Å². The molecule has 0 atom stereocenters. The highest BCUT2D eigenvalue weighted by Crippen LogP contribution is 2.32. The van der Waals surface area contributed by atoms with Crippen molar-refractivity contribution in [1.29, 1.82) is 0 Å². The monoisotopic (exact) mass is 455 g/mol. The summed E-state index contributed by atoms with van der Waals surface area (Å²) in [7, 11) is 3.34. The summed E-state index contributed by atoms with van der Waals surface area (Å²) in [6.07, 6.45) is 2.02. The minimum atomic E-state index is 0.0509. The first-order valence-electron chi connectivity index (χ1n) is 11.2. The van der Waals surface area contributed by atoms with Gasteiger partial charge >= 0.3 is 0 Å². The fraction of sp³-hybridized carbons (Fsp3) is 0.500. The molecule has 1 aliphatic rings. The van der Waals surface area contributed by atoms with Crippen LogP contribution in [0.25, 0.3) is 0 Å². The third-order valence-electron chi connectivity index (χ3n) is 5.87. The van der Waals surface area contributed by atoms with E-state index in [0.29, 0.717) is 19.1 Å². The molecule has 32 heavy (non-hydrogen) atoms. The van der Waals surface area contributed by atoms with Crippen LogP contribution in [0, 0.1) is 0 Å². The zero-order valence-corrected chi connectivity index (χ0v) is 21.0. The molecule has 174 valence electrons. The minimum Gasteiger partial charge on any atom is -0.493 e. The predicted octanol–water partition coefficient (Wildman–Crippen LogP) is 4.89. The van der Waals surface area contributed by atoms with Gasteiger partial charge < -0.3 is 25.0 Å². The summed E-state index contributed by atoms with van der Waals surface area (Å²) in [5.41, 5.74) is 2.35. The number of nitrogens with one attached hydrogen (secondary N) is 2. The first-order chi connectivity index (χ1) is 15.1. The van der Waals surface area contributed by atoms with E-state index in [-0.39, 0.29) is 11.1 Å². The summed E-state index contributed by atoms with van der Waals surface area (Å²) in [5, 5.41) is 8.19. The van der Waals surface area contributed by atoms with Crippen LogP contribution < -0.4 is 20.1 Å². The lowest BCUT2D eigenvalue weighted by Gasteiger charge is -2.47. The highest BCUT2D eigenvalue weighted by atomic mass is 32.1. The lowest BCUT2D eigenvalue weighted by atomic mass is 9.80. The molecule has 6 heteroatoms. The second kappa shape index (κ2) is 10.1. The summed E-state index contributed by atoms with van der Waals surface area (Å²) >= 11 is 5.97. The molecule has 1 fully saturated rings. The van der Waals surface area contributed by atoms with Gasteiger partial charge in [0.15, 0.2) is 16.6 Å². The molecule has 1 aliphatic heterocycles. The number of piperidine rings is 1. The van der Waals surface area contributed by atoms with Crippen molar-refractivity contribution in [3.63, 3.8) is 0 Å². The Balaban J connectivity index is 1.84. The molecule has 2 N–H and O–H groups in total. The molecule has 3 rings (SSSR count). The van der Waals surface area contributed by atoms with Crippen molar-refractivity contribution in [2.45, 2.75) is 70.7 Å². The molecule has 0 aliphatic carbocycles. The van der Waals surface area contributed by atoms with Crippen molar-refractivity contribution in [3.8, 4) is 11.5 Å². The zero-order chi connectivity index (χ0) is 23.4.